The van der Waals surface area contributed by atoms with Crippen LogP contribution in [0.15, 0.2) is 23.2 Å². The van der Waals surface area contributed by atoms with Crippen LogP contribution in [0.4, 0.5) is 10.5 Å². The molecule has 4 nitrogen and oxygen atoms in total. The topological polar surface area (TPSA) is 35.9 Å². The number of urea groups is 1. The second-order valence-electron chi connectivity index (χ2n) is 6.59. The van der Waals surface area contributed by atoms with Crippen molar-refractivity contribution in [2.24, 2.45) is 4.99 Å². The van der Waals surface area contributed by atoms with Crippen LogP contribution >= 0.6 is 11.8 Å². The fraction of sp³-hybridized carbons (Fsp3) is 0.579. The molecule has 0 N–H and O–H groups in total. The Morgan fingerprint density at radius 3 is 2.17 bits per heavy atom. The molecule has 1 saturated heterocycles. The Hall–Kier alpha value is -1.49. The zero-order valence-corrected chi connectivity index (χ0v) is 16.5. The number of thioether (sulfide) groups is 1. The summed E-state index contributed by atoms with van der Waals surface area (Å²) in [5.74, 6) is 0.623. The van der Waals surface area contributed by atoms with E-state index in [-0.39, 0.29) is 18.1 Å². The van der Waals surface area contributed by atoms with Gasteiger partial charge < -0.3 is 0 Å². The molecule has 1 aromatic carbocycles. The number of amidine groups is 1. The molecular weight excluding hydrogens is 318 g/mol. The van der Waals surface area contributed by atoms with E-state index in [0.717, 1.165) is 23.7 Å². The van der Waals surface area contributed by atoms with E-state index >= 15 is 0 Å². The maximum atomic E-state index is 13.3. The van der Waals surface area contributed by atoms with Gasteiger partial charge in [0.25, 0.3) is 0 Å². The summed E-state index contributed by atoms with van der Waals surface area (Å²) in [6, 6.07) is 6.66. The van der Waals surface area contributed by atoms with Crippen molar-refractivity contribution in [1.29, 1.82) is 0 Å². The molecule has 1 aliphatic rings. The zero-order valence-electron chi connectivity index (χ0n) is 15.7. The molecule has 1 aliphatic heterocycles. The fourth-order valence-electron chi connectivity index (χ4n) is 2.94. The molecule has 1 fully saturated rings. The second kappa shape index (κ2) is 8.06. The van der Waals surface area contributed by atoms with Gasteiger partial charge in [-0.25, -0.2) is 4.79 Å². The second-order valence-corrected chi connectivity index (χ2v) is 7.50. The van der Waals surface area contributed by atoms with Gasteiger partial charge in [0, 0.05) is 12.1 Å². The average molecular weight is 348 g/mol. The highest BCUT2D eigenvalue weighted by molar-refractivity contribution is 8.14. The lowest BCUT2D eigenvalue weighted by atomic mass is 10.0. The van der Waals surface area contributed by atoms with Crippen LogP contribution < -0.4 is 4.90 Å². The number of para-hydroxylation sites is 1. The summed E-state index contributed by atoms with van der Waals surface area (Å²) >= 11 is 1.65. The van der Waals surface area contributed by atoms with Gasteiger partial charge in [0.1, 0.15) is 0 Å². The van der Waals surface area contributed by atoms with Crippen LogP contribution in [0.1, 0.15) is 52.7 Å². The van der Waals surface area contributed by atoms with Crippen LogP contribution in [0.3, 0.4) is 0 Å². The summed E-state index contributed by atoms with van der Waals surface area (Å²) < 4.78 is 0. The van der Waals surface area contributed by atoms with Gasteiger partial charge in [-0.3, -0.25) is 14.8 Å². The molecule has 0 aliphatic carbocycles. The van der Waals surface area contributed by atoms with Crippen LogP contribution in [0.5, 0.6) is 0 Å². The summed E-state index contributed by atoms with van der Waals surface area (Å²) in [6.07, 6.45) is 1.85. The Morgan fingerprint density at radius 1 is 1.12 bits per heavy atom. The first-order valence-electron chi connectivity index (χ1n) is 8.82. The molecule has 0 aromatic heterocycles. The molecule has 0 bridgehead atoms. The zero-order chi connectivity index (χ0) is 17.9. The van der Waals surface area contributed by atoms with Crippen LogP contribution in [0.25, 0.3) is 0 Å². The molecule has 24 heavy (non-hydrogen) atoms. The number of anilines is 1. The van der Waals surface area contributed by atoms with Gasteiger partial charge in [-0.05, 0) is 51.7 Å². The molecule has 132 valence electrons. The highest BCUT2D eigenvalue weighted by Crippen LogP contribution is 2.33. The molecule has 0 saturated carbocycles. The minimum atomic E-state index is 0.0405. The van der Waals surface area contributed by atoms with Crippen molar-refractivity contribution in [3.05, 3.63) is 29.3 Å². The quantitative estimate of drug-likeness (QED) is 0.758. The van der Waals surface area contributed by atoms with E-state index < -0.39 is 0 Å². The molecule has 5 heteroatoms. The molecule has 0 unspecified atom stereocenters. The van der Waals surface area contributed by atoms with Crippen LogP contribution in [-0.2, 0) is 12.8 Å². The standard InChI is InChI=1S/C19H29N3OS/c1-7-15-10-9-11-16(8-2)17(15)21-12-24-18(20-13(3)4)22(14(5)6)19(21)23/h9-11,13-14H,7-8,12H2,1-6H3/b20-18-. The van der Waals surface area contributed by atoms with Gasteiger partial charge in [0.15, 0.2) is 5.17 Å². The van der Waals surface area contributed by atoms with Crippen molar-refractivity contribution in [2.75, 3.05) is 10.8 Å². The molecule has 1 aromatic rings. The number of carbonyl (C=O) groups is 1. The Balaban J connectivity index is 2.46. The summed E-state index contributed by atoms with van der Waals surface area (Å²) in [7, 11) is 0. The van der Waals surface area contributed by atoms with E-state index in [9.17, 15) is 4.79 Å². The van der Waals surface area contributed by atoms with Crippen molar-refractivity contribution >= 4 is 28.6 Å². The number of hydrogen-bond donors (Lipinski definition) is 0. The van der Waals surface area contributed by atoms with Crippen molar-refractivity contribution < 1.29 is 4.79 Å². The number of nitrogens with zero attached hydrogens (tertiary/aromatic N) is 3. The van der Waals surface area contributed by atoms with Crippen molar-refractivity contribution in [1.82, 2.24) is 4.90 Å². The van der Waals surface area contributed by atoms with E-state index in [2.05, 4.69) is 37.0 Å². The molecule has 1 heterocycles. The first-order chi connectivity index (χ1) is 11.4. The van der Waals surface area contributed by atoms with E-state index in [1.165, 1.54) is 11.1 Å². The molecule has 0 radical (unpaired) electrons. The number of benzene rings is 1. The summed E-state index contributed by atoms with van der Waals surface area (Å²) in [5, 5.41) is 0.841. The molecule has 0 atom stereocenters. The predicted molar refractivity (Wildman–Crippen MR) is 105 cm³/mol. The maximum Gasteiger partial charge on any atom is 0.331 e. The van der Waals surface area contributed by atoms with Gasteiger partial charge in [-0.2, -0.15) is 0 Å². The Bertz CT molecular complexity index is 603. The lowest BCUT2D eigenvalue weighted by Crippen LogP contribution is -2.53. The van der Waals surface area contributed by atoms with E-state index in [1.807, 2.05) is 37.5 Å². The molecule has 0 spiro atoms. The van der Waals surface area contributed by atoms with Gasteiger partial charge >= 0.3 is 6.03 Å². The van der Waals surface area contributed by atoms with Crippen LogP contribution in [-0.4, -0.2) is 34.1 Å². The fourth-order valence-corrected chi connectivity index (χ4v) is 4.14. The van der Waals surface area contributed by atoms with Gasteiger partial charge in [-0.1, -0.05) is 43.8 Å². The van der Waals surface area contributed by atoms with Gasteiger partial charge in [0.2, 0.25) is 0 Å². The van der Waals surface area contributed by atoms with Crippen LogP contribution in [0, 0.1) is 0 Å². The first-order valence-corrected chi connectivity index (χ1v) is 9.81. The third-order valence-electron chi connectivity index (χ3n) is 4.09. The highest BCUT2D eigenvalue weighted by Gasteiger charge is 2.35. The number of aliphatic imine (C=N–C) groups is 1. The smallest absolute Gasteiger partial charge is 0.283 e. The minimum absolute atomic E-state index is 0.0405. The Kier molecular flexibility index (Phi) is 6.33. The molecule has 2 rings (SSSR count). The summed E-state index contributed by atoms with van der Waals surface area (Å²) in [5.41, 5.74) is 3.56. The number of amides is 2. The van der Waals surface area contributed by atoms with E-state index in [4.69, 9.17) is 0 Å². The number of hydrogen-bond acceptors (Lipinski definition) is 3. The summed E-state index contributed by atoms with van der Waals surface area (Å²) in [4.78, 5) is 21.7. The van der Waals surface area contributed by atoms with E-state index in [0.29, 0.717) is 5.88 Å². The van der Waals surface area contributed by atoms with Gasteiger partial charge in [0.05, 0.1) is 11.6 Å². The SMILES string of the molecule is CCc1cccc(CC)c1N1CS/C(=N\C(C)C)N(C(C)C)C1=O. The van der Waals surface area contributed by atoms with Crippen molar-refractivity contribution in [2.45, 2.75) is 66.5 Å². The van der Waals surface area contributed by atoms with E-state index in [1.54, 1.807) is 11.8 Å². The largest absolute Gasteiger partial charge is 0.331 e. The van der Waals surface area contributed by atoms with Crippen molar-refractivity contribution in [3.63, 3.8) is 0 Å². The van der Waals surface area contributed by atoms with Crippen LogP contribution in [0.2, 0.25) is 0 Å². The maximum absolute atomic E-state index is 13.3. The number of carbonyl (C=O) groups excluding carboxylic acids is 1. The normalized spacial score (nSPS) is 17.5. The number of aryl methyl sites for hydroxylation is 2. The third-order valence-corrected chi connectivity index (χ3v) is 5.03. The van der Waals surface area contributed by atoms with Gasteiger partial charge in [-0.15, -0.1) is 0 Å². The Morgan fingerprint density at radius 2 is 1.71 bits per heavy atom. The molecular formula is C19H29N3OS. The average Bonchev–Trinajstić information content (AvgIpc) is 2.53. The monoisotopic (exact) mass is 347 g/mol. The predicted octanol–water partition coefficient (Wildman–Crippen LogP) is 4.92. The lowest BCUT2D eigenvalue weighted by Gasteiger charge is -2.39. The van der Waals surface area contributed by atoms with Crippen molar-refractivity contribution in [3.8, 4) is 0 Å². The third kappa shape index (κ3) is 3.77. The molecule has 2 amide bonds. The highest BCUT2D eigenvalue weighted by atomic mass is 32.2. The number of rotatable bonds is 5. The lowest BCUT2D eigenvalue weighted by molar-refractivity contribution is 0.220. The minimum Gasteiger partial charge on any atom is -0.283 e. The summed E-state index contributed by atoms with van der Waals surface area (Å²) in [6.45, 7) is 12.5. The Labute approximate surface area is 150 Å². The first kappa shape index (κ1) is 18.8.